The predicted molar refractivity (Wildman–Crippen MR) is 187 cm³/mol. The molecule has 10 heteroatoms. The first-order valence-electron chi connectivity index (χ1n) is 17.1. The third-order valence-electron chi connectivity index (χ3n) is 9.73. The van der Waals surface area contributed by atoms with Gasteiger partial charge in [-0.3, -0.25) is 24.0 Å². The first-order chi connectivity index (χ1) is 23.7. The molecule has 2 aliphatic rings. The van der Waals surface area contributed by atoms with Gasteiger partial charge in [0.15, 0.2) is 0 Å². The molecule has 1 heterocycles. The third-order valence-corrected chi connectivity index (χ3v) is 9.73. The predicted octanol–water partition coefficient (Wildman–Crippen LogP) is 4.14. The van der Waals surface area contributed by atoms with Gasteiger partial charge in [0.2, 0.25) is 23.6 Å². The summed E-state index contributed by atoms with van der Waals surface area (Å²) >= 11 is 0. The number of hydrogen-bond acceptors (Lipinski definition) is 6. The number of methoxy groups -OCH3 is 1. The maximum absolute atomic E-state index is 13.9. The molecule has 1 aliphatic heterocycles. The highest BCUT2D eigenvalue weighted by Gasteiger charge is 2.42. The average Bonchev–Trinajstić information content (AvgIpc) is 3.10. The summed E-state index contributed by atoms with van der Waals surface area (Å²) in [7, 11) is 1.35. The highest BCUT2D eigenvalue weighted by molar-refractivity contribution is 5.96. The van der Waals surface area contributed by atoms with Crippen LogP contribution in [0.15, 0.2) is 78.9 Å². The van der Waals surface area contributed by atoms with Gasteiger partial charge in [-0.05, 0) is 59.1 Å². The Morgan fingerprint density at radius 3 is 2.41 bits per heavy atom. The Morgan fingerprint density at radius 1 is 0.939 bits per heavy atom. The maximum Gasteiger partial charge on any atom is 0.309 e. The van der Waals surface area contributed by atoms with Gasteiger partial charge >= 0.3 is 5.97 Å². The van der Waals surface area contributed by atoms with E-state index in [0.29, 0.717) is 32.2 Å². The van der Waals surface area contributed by atoms with Gasteiger partial charge in [0.25, 0.3) is 0 Å². The number of primary amides is 1. The number of allylic oxidation sites excluding steroid dienone is 2. The molecule has 10 nitrogen and oxygen atoms in total. The third kappa shape index (κ3) is 9.34. The molecule has 0 bridgehead atoms. The van der Waals surface area contributed by atoms with Crippen molar-refractivity contribution in [2.75, 3.05) is 13.7 Å². The summed E-state index contributed by atoms with van der Waals surface area (Å²) in [6.07, 6.45) is 8.47. The molecule has 1 aliphatic carbocycles. The van der Waals surface area contributed by atoms with E-state index in [-0.39, 0.29) is 43.0 Å². The number of rotatable bonds is 7. The normalized spacial score (nSPS) is 22.6. The van der Waals surface area contributed by atoms with Gasteiger partial charge in [0.1, 0.15) is 11.6 Å². The Morgan fingerprint density at radius 2 is 1.67 bits per heavy atom. The quantitative estimate of drug-likeness (QED) is 0.219. The van der Waals surface area contributed by atoms with Crippen molar-refractivity contribution < 1.29 is 28.7 Å². The zero-order valence-corrected chi connectivity index (χ0v) is 28.0. The molecule has 0 radical (unpaired) electrons. The lowest BCUT2D eigenvalue weighted by Gasteiger charge is -2.38. The fourth-order valence-electron chi connectivity index (χ4n) is 7.03. The number of carbonyl (C=O) groups is 5. The lowest BCUT2D eigenvalue weighted by Crippen LogP contribution is -2.63. The fraction of sp³-hybridized carbons (Fsp3) is 0.410. The Labute approximate surface area is 287 Å². The van der Waals surface area contributed by atoms with Gasteiger partial charge in [-0.1, -0.05) is 98.1 Å². The summed E-state index contributed by atoms with van der Waals surface area (Å²) in [4.78, 5) is 65.2. The number of fused-ring (bicyclic) bond motifs is 1. The minimum Gasteiger partial charge on any atom is -0.469 e. The van der Waals surface area contributed by atoms with Crippen LogP contribution in [0.2, 0.25) is 0 Å². The second-order valence-corrected chi connectivity index (χ2v) is 13.3. The van der Waals surface area contributed by atoms with E-state index in [1.165, 1.54) is 7.11 Å². The number of nitrogens with two attached hydrogens (primary N) is 1. The van der Waals surface area contributed by atoms with Crippen molar-refractivity contribution in [1.29, 1.82) is 0 Å². The molecule has 0 aromatic heterocycles. The molecule has 3 aromatic rings. The van der Waals surface area contributed by atoms with Crippen molar-refractivity contribution in [3.63, 3.8) is 0 Å². The Bertz CT molecular complexity index is 1690. The van der Waals surface area contributed by atoms with Crippen molar-refractivity contribution in [2.45, 2.75) is 81.7 Å². The molecule has 258 valence electrons. The number of hydrogen-bond donors (Lipinski definition) is 4. The van der Waals surface area contributed by atoms with Crippen LogP contribution in [0, 0.1) is 5.92 Å². The number of esters is 1. The smallest absolute Gasteiger partial charge is 0.309 e. The minimum absolute atomic E-state index is 0.0392. The number of amides is 4. The van der Waals surface area contributed by atoms with Crippen LogP contribution in [-0.4, -0.2) is 54.8 Å². The summed E-state index contributed by atoms with van der Waals surface area (Å²) in [5.74, 6) is -2.66. The lowest BCUT2D eigenvalue weighted by atomic mass is 9.80. The van der Waals surface area contributed by atoms with Crippen molar-refractivity contribution in [2.24, 2.45) is 11.7 Å². The van der Waals surface area contributed by atoms with Crippen LogP contribution < -0.4 is 21.7 Å². The topological polar surface area (TPSA) is 157 Å². The van der Waals surface area contributed by atoms with Crippen LogP contribution in [-0.2, 0) is 41.6 Å². The number of ether oxygens (including phenoxy) is 1. The number of carbonyl (C=O) groups excluding carboxylic acids is 5. The molecule has 1 fully saturated rings. The summed E-state index contributed by atoms with van der Waals surface area (Å²) in [6.45, 7) is 0.298. The first-order valence-corrected chi connectivity index (χ1v) is 17.1. The van der Waals surface area contributed by atoms with E-state index in [1.807, 2.05) is 48.5 Å². The first kappa shape index (κ1) is 35.3. The van der Waals surface area contributed by atoms with E-state index in [0.717, 1.165) is 46.7 Å². The van der Waals surface area contributed by atoms with Gasteiger partial charge in [0.05, 0.1) is 20.0 Å². The van der Waals surface area contributed by atoms with Crippen LogP contribution >= 0.6 is 0 Å². The van der Waals surface area contributed by atoms with Crippen LogP contribution in [0.1, 0.15) is 74.0 Å². The van der Waals surface area contributed by atoms with Gasteiger partial charge in [-0.25, -0.2) is 0 Å². The highest BCUT2D eigenvalue weighted by atomic mass is 16.5. The van der Waals surface area contributed by atoms with Crippen molar-refractivity contribution in [3.8, 4) is 0 Å². The molecular weight excluding hydrogens is 620 g/mol. The monoisotopic (exact) mass is 666 g/mol. The fourth-order valence-corrected chi connectivity index (χ4v) is 7.03. The zero-order chi connectivity index (χ0) is 34.8. The minimum atomic E-state index is -1.21. The average molecular weight is 667 g/mol. The molecule has 1 saturated carbocycles. The molecule has 1 spiro atoms. The Hall–Kier alpha value is -4.99. The second-order valence-electron chi connectivity index (χ2n) is 13.3. The van der Waals surface area contributed by atoms with Crippen LogP contribution in [0.3, 0.4) is 0 Å². The van der Waals surface area contributed by atoms with Gasteiger partial charge < -0.3 is 26.4 Å². The van der Waals surface area contributed by atoms with Crippen molar-refractivity contribution in [1.82, 2.24) is 16.0 Å². The maximum atomic E-state index is 13.9. The lowest BCUT2D eigenvalue weighted by molar-refractivity contribution is -0.139. The van der Waals surface area contributed by atoms with Gasteiger partial charge in [0, 0.05) is 18.9 Å². The van der Waals surface area contributed by atoms with Crippen molar-refractivity contribution in [3.05, 3.63) is 95.6 Å². The molecule has 5 N–H and O–H groups in total. The molecular formula is C39H46N4O6. The standard InChI is InChI=1S/C39H46N4O6/c1-49-36(46)22-26-15-17-28(18-16-26)30-12-7-9-27(21-31-13-8-11-29-10-3-4-14-32(29)31)25-41-37(47)33(24-34(40)44)42-38(48)39(43-35(45)23-30)19-5-2-6-20-39/h3-4,7-8,10-18,27,30,33H,2,5-6,9,19-25H2,1H3,(H2,40,44)(H,41,47)(H,42,48)(H,43,45)/b12-7-/t27-,30-,33-/m0/s1. The van der Waals surface area contributed by atoms with E-state index in [1.54, 1.807) is 0 Å². The molecule has 0 unspecified atom stereocenters. The summed E-state index contributed by atoms with van der Waals surface area (Å²) in [5, 5.41) is 11.1. The van der Waals surface area contributed by atoms with E-state index < -0.39 is 29.3 Å². The molecule has 0 saturated heterocycles. The molecule has 4 amide bonds. The summed E-state index contributed by atoms with van der Waals surface area (Å²) in [6, 6.07) is 20.7. The van der Waals surface area contributed by atoms with E-state index in [2.05, 4.69) is 46.3 Å². The molecule has 3 atom stereocenters. The van der Waals surface area contributed by atoms with E-state index in [4.69, 9.17) is 10.5 Å². The van der Waals surface area contributed by atoms with Crippen LogP contribution in [0.25, 0.3) is 10.8 Å². The van der Waals surface area contributed by atoms with E-state index >= 15 is 0 Å². The largest absolute Gasteiger partial charge is 0.469 e. The number of benzene rings is 3. The summed E-state index contributed by atoms with van der Waals surface area (Å²) in [5.41, 5.74) is 7.16. The van der Waals surface area contributed by atoms with Gasteiger partial charge in [-0.15, -0.1) is 0 Å². The summed E-state index contributed by atoms with van der Waals surface area (Å²) < 4.78 is 4.81. The second kappa shape index (κ2) is 16.4. The van der Waals surface area contributed by atoms with Crippen LogP contribution in [0.5, 0.6) is 0 Å². The Balaban J connectivity index is 1.48. The number of nitrogens with one attached hydrogen (secondary N) is 3. The SMILES string of the molecule is COC(=O)Cc1ccc([C@H]2/C=C\C[C@@H](Cc3cccc4ccccc34)CNC(=O)[C@H](CC(N)=O)NC(=O)C3(CCCCC3)NC(=O)C2)cc1. The molecule has 3 aromatic carbocycles. The van der Waals surface area contributed by atoms with Gasteiger partial charge in [-0.2, -0.15) is 0 Å². The Kier molecular flexibility index (Phi) is 11.8. The van der Waals surface area contributed by atoms with E-state index in [9.17, 15) is 24.0 Å². The molecule has 5 rings (SSSR count). The van der Waals surface area contributed by atoms with Crippen LogP contribution in [0.4, 0.5) is 0 Å². The highest BCUT2D eigenvalue weighted by Crippen LogP contribution is 2.31. The zero-order valence-electron chi connectivity index (χ0n) is 28.0. The molecule has 49 heavy (non-hydrogen) atoms. The van der Waals surface area contributed by atoms with Crippen molar-refractivity contribution >= 4 is 40.4 Å².